The van der Waals surface area contributed by atoms with E-state index in [1.54, 1.807) is 0 Å². The van der Waals surface area contributed by atoms with E-state index in [0.717, 1.165) is 25.7 Å². The Morgan fingerprint density at radius 2 is 1.95 bits per heavy atom. The molecule has 112 valence electrons. The highest BCUT2D eigenvalue weighted by Crippen LogP contribution is 2.35. The van der Waals surface area contributed by atoms with Crippen molar-refractivity contribution in [2.75, 3.05) is 13.7 Å². The molecule has 0 saturated heterocycles. The van der Waals surface area contributed by atoms with E-state index in [-0.39, 0.29) is 0 Å². The first-order valence-corrected chi connectivity index (χ1v) is 6.73. The van der Waals surface area contributed by atoms with Gasteiger partial charge in [0, 0.05) is 0 Å². The van der Waals surface area contributed by atoms with Crippen LogP contribution in [-0.2, 0) is 9.53 Å². The molecule has 1 N–H and O–H groups in total. The van der Waals surface area contributed by atoms with Gasteiger partial charge in [0.2, 0.25) is 0 Å². The maximum Gasteiger partial charge on any atom is 0.401 e. The van der Waals surface area contributed by atoms with Crippen LogP contribution in [0.3, 0.4) is 0 Å². The summed E-state index contributed by atoms with van der Waals surface area (Å²) in [7, 11) is 1.22. The molecule has 0 atom stereocenters. The number of hydrogen-bond donors (Lipinski definition) is 1. The van der Waals surface area contributed by atoms with Crippen molar-refractivity contribution in [3.8, 4) is 0 Å². The molecule has 0 bridgehead atoms. The van der Waals surface area contributed by atoms with Gasteiger partial charge in [-0.3, -0.25) is 10.1 Å². The fourth-order valence-electron chi connectivity index (χ4n) is 2.79. The van der Waals surface area contributed by atoms with Gasteiger partial charge in [0.15, 0.2) is 0 Å². The summed E-state index contributed by atoms with van der Waals surface area (Å²) in [5, 5.41) is 2.39. The molecule has 19 heavy (non-hydrogen) atoms. The van der Waals surface area contributed by atoms with Gasteiger partial charge in [-0.2, -0.15) is 13.2 Å². The molecular formula is C13H22F3NO2. The van der Waals surface area contributed by atoms with Crippen LogP contribution in [0, 0.1) is 5.92 Å². The van der Waals surface area contributed by atoms with Gasteiger partial charge in [-0.15, -0.1) is 0 Å². The summed E-state index contributed by atoms with van der Waals surface area (Å²) in [4.78, 5) is 11.8. The van der Waals surface area contributed by atoms with E-state index in [1.165, 1.54) is 7.11 Å². The van der Waals surface area contributed by atoms with E-state index >= 15 is 0 Å². The zero-order chi connectivity index (χ0) is 14.5. The summed E-state index contributed by atoms with van der Waals surface area (Å²) >= 11 is 0. The van der Waals surface area contributed by atoms with Gasteiger partial charge in [0.1, 0.15) is 5.54 Å². The second kappa shape index (κ2) is 6.59. The number of halogens is 3. The maximum absolute atomic E-state index is 12.3. The van der Waals surface area contributed by atoms with Gasteiger partial charge in [0.25, 0.3) is 0 Å². The fraction of sp³-hybridized carbons (Fsp3) is 0.923. The quantitative estimate of drug-likeness (QED) is 0.787. The van der Waals surface area contributed by atoms with Gasteiger partial charge < -0.3 is 4.74 Å². The molecule has 0 aromatic heterocycles. The van der Waals surface area contributed by atoms with Crippen molar-refractivity contribution in [3.05, 3.63) is 0 Å². The Hall–Kier alpha value is -0.780. The zero-order valence-electron chi connectivity index (χ0n) is 11.5. The predicted octanol–water partition coefficient (Wildman–Crippen LogP) is 3.04. The number of ether oxygens (including phenoxy) is 1. The Morgan fingerprint density at radius 3 is 2.37 bits per heavy atom. The summed E-state index contributed by atoms with van der Waals surface area (Å²) in [5.74, 6) is -0.0674. The van der Waals surface area contributed by atoms with Crippen LogP contribution in [0.1, 0.15) is 45.4 Å². The number of nitrogens with one attached hydrogen (secondary N) is 1. The van der Waals surface area contributed by atoms with Crippen LogP contribution in [0.2, 0.25) is 0 Å². The van der Waals surface area contributed by atoms with E-state index in [0.29, 0.717) is 18.8 Å². The van der Waals surface area contributed by atoms with Gasteiger partial charge in [-0.25, -0.2) is 0 Å². The van der Waals surface area contributed by atoms with Gasteiger partial charge in [0.05, 0.1) is 13.7 Å². The van der Waals surface area contributed by atoms with Gasteiger partial charge in [-0.1, -0.05) is 19.8 Å². The average Bonchev–Trinajstić information content (AvgIpc) is 2.37. The number of carbonyl (C=O) groups excluding carboxylic acids is 1. The van der Waals surface area contributed by atoms with Crippen molar-refractivity contribution < 1.29 is 22.7 Å². The highest BCUT2D eigenvalue weighted by atomic mass is 19.4. The summed E-state index contributed by atoms with van der Waals surface area (Å²) in [5.41, 5.74) is -1.16. The third kappa shape index (κ3) is 4.67. The number of methoxy groups -OCH3 is 1. The molecule has 0 spiro atoms. The van der Waals surface area contributed by atoms with Crippen molar-refractivity contribution in [2.45, 2.75) is 57.2 Å². The van der Waals surface area contributed by atoms with E-state index in [4.69, 9.17) is 0 Å². The number of carbonyl (C=O) groups is 1. The lowest BCUT2D eigenvalue weighted by Gasteiger charge is -2.38. The lowest BCUT2D eigenvalue weighted by atomic mass is 9.75. The van der Waals surface area contributed by atoms with E-state index in [1.807, 2.05) is 0 Å². The smallest absolute Gasteiger partial charge is 0.401 e. The van der Waals surface area contributed by atoms with Crippen LogP contribution in [0.4, 0.5) is 13.2 Å². The van der Waals surface area contributed by atoms with E-state index < -0.39 is 24.2 Å². The Balaban J connectivity index is 2.66. The summed E-state index contributed by atoms with van der Waals surface area (Å²) in [6.07, 6.45) is 0.187. The maximum atomic E-state index is 12.3. The molecule has 1 saturated carbocycles. The first kappa shape index (κ1) is 16.3. The minimum atomic E-state index is -4.32. The lowest BCUT2D eigenvalue weighted by Crippen LogP contribution is -2.57. The van der Waals surface area contributed by atoms with Gasteiger partial charge in [-0.05, 0) is 31.6 Å². The first-order chi connectivity index (χ1) is 8.83. The average molecular weight is 281 g/mol. The highest BCUT2D eigenvalue weighted by Gasteiger charge is 2.44. The Morgan fingerprint density at radius 1 is 1.37 bits per heavy atom. The number of rotatable bonds is 5. The molecule has 0 aromatic rings. The van der Waals surface area contributed by atoms with E-state index in [9.17, 15) is 18.0 Å². The van der Waals surface area contributed by atoms with Crippen LogP contribution in [0.15, 0.2) is 0 Å². The molecule has 0 unspecified atom stereocenters. The largest absolute Gasteiger partial charge is 0.468 e. The summed E-state index contributed by atoms with van der Waals surface area (Å²) < 4.78 is 41.7. The van der Waals surface area contributed by atoms with E-state index in [2.05, 4.69) is 17.0 Å². The molecular weight excluding hydrogens is 259 g/mol. The second-order valence-corrected chi connectivity index (χ2v) is 5.27. The number of alkyl halides is 3. The Bertz CT molecular complexity index is 297. The van der Waals surface area contributed by atoms with Crippen LogP contribution in [0.5, 0.6) is 0 Å². The molecule has 0 heterocycles. The Labute approximate surface area is 111 Å². The van der Waals surface area contributed by atoms with Crippen LogP contribution >= 0.6 is 0 Å². The topological polar surface area (TPSA) is 38.3 Å². The number of hydrogen-bond acceptors (Lipinski definition) is 3. The molecule has 1 aliphatic carbocycles. The fourth-order valence-corrected chi connectivity index (χ4v) is 2.79. The monoisotopic (exact) mass is 281 g/mol. The lowest BCUT2D eigenvalue weighted by molar-refractivity contribution is -0.156. The summed E-state index contributed by atoms with van der Waals surface area (Å²) in [6, 6.07) is 0. The molecule has 1 rings (SSSR count). The van der Waals surface area contributed by atoms with Crippen LogP contribution in [0.25, 0.3) is 0 Å². The molecule has 0 aliphatic heterocycles. The van der Waals surface area contributed by atoms with Crippen molar-refractivity contribution in [1.82, 2.24) is 5.32 Å². The summed E-state index contributed by atoms with van der Waals surface area (Å²) in [6.45, 7) is 0.935. The molecule has 6 heteroatoms. The second-order valence-electron chi connectivity index (χ2n) is 5.27. The van der Waals surface area contributed by atoms with Crippen molar-refractivity contribution in [2.24, 2.45) is 5.92 Å². The minimum Gasteiger partial charge on any atom is -0.468 e. The SMILES string of the molecule is CCCC1CCC(NCC(F)(F)F)(C(=O)OC)CC1. The molecule has 1 aliphatic rings. The predicted molar refractivity (Wildman–Crippen MR) is 65.7 cm³/mol. The van der Waals surface area contributed by atoms with Crippen molar-refractivity contribution in [3.63, 3.8) is 0 Å². The van der Waals surface area contributed by atoms with Gasteiger partial charge >= 0.3 is 12.1 Å². The molecule has 1 fully saturated rings. The number of esters is 1. The normalized spacial score (nSPS) is 28.2. The molecule has 0 radical (unpaired) electrons. The third-order valence-electron chi connectivity index (χ3n) is 3.86. The van der Waals surface area contributed by atoms with Crippen molar-refractivity contribution >= 4 is 5.97 Å². The minimum absolute atomic E-state index is 0.417. The van der Waals surface area contributed by atoms with Crippen molar-refractivity contribution in [1.29, 1.82) is 0 Å². The van der Waals surface area contributed by atoms with Crippen LogP contribution < -0.4 is 5.32 Å². The third-order valence-corrected chi connectivity index (χ3v) is 3.86. The Kier molecular flexibility index (Phi) is 5.64. The zero-order valence-corrected chi connectivity index (χ0v) is 11.5. The standard InChI is InChI=1S/C13H22F3NO2/c1-3-4-10-5-7-12(8-6-10,11(18)19-2)17-9-13(14,15)16/h10,17H,3-9H2,1-2H3. The molecule has 3 nitrogen and oxygen atoms in total. The van der Waals surface area contributed by atoms with Crippen LogP contribution in [-0.4, -0.2) is 31.3 Å². The molecule has 0 amide bonds. The first-order valence-electron chi connectivity index (χ1n) is 6.73. The highest BCUT2D eigenvalue weighted by molar-refractivity contribution is 5.80. The molecule has 0 aromatic carbocycles.